The van der Waals surface area contributed by atoms with Crippen molar-refractivity contribution >= 4 is 8.24 Å². The maximum atomic E-state index is 4.59. The van der Waals surface area contributed by atoms with E-state index in [1.54, 1.807) is 0 Å². The Balaban J connectivity index is 2.36. The summed E-state index contributed by atoms with van der Waals surface area (Å²) in [6.45, 7) is 6.83. The number of hydrogen-bond acceptors (Lipinski definition) is 2. The fourth-order valence-electron chi connectivity index (χ4n) is 1.64. The quantitative estimate of drug-likeness (QED) is 0.640. The van der Waals surface area contributed by atoms with Crippen LogP contribution in [0.25, 0.3) is 0 Å². The number of rotatable bonds is 1. The molecule has 1 aromatic heterocycles. The third kappa shape index (κ3) is 1.68. The first-order valence-electron chi connectivity index (χ1n) is 5.03. The van der Waals surface area contributed by atoms with Gasteiger partial charge in [-0.2, -0.15) is 10.2 Å². The van der Waals surface area contributed by atoms with Gasteiger partial charge in [-0.3, -0.25) is 0 Å². The molecule has 4 heteroatoms. The molecule has 0 bridgehead atoms. The summed E-state index contributed by atoms with van der Waals surface area (Å²) in [6, 6.07) is 0. The van der Waals surface area contributed by atoms with E-state index in [4.69, 9.17) is 0 Å². The maximum absolute atomic E-state index is 4.59. The highest BCUT2D eigenvalue weighted by atomic mass is 28.3. The Hall–Kier alpha value is -0.643. The molecule has 0 radical (unpaired) electrons. The second-order valence-corrected chi connectivity index (χ2v) is 9.50. The van der Waals surface area contributed by atoms with Crippen LogP contribution in [0.1, 0.15) is 24.2 Å². The number of hydrogen-bond donors (Lipinski definition) is 0. The standard InChI is InChI=1S/C9H17N3Si/c1-13(2,3)12-10-8-6-4-5-7-9(8)11-12/h4-7H2,1-3H3. The molecule has 13 heavy (non-hydrogen) atoms. The highest BCUT2D eigenvalue weighted by Gasteiger charge is 2.23. The Labute approximate surface area is 80.2 Å². The van der Waals surface area contributed by atoms with Gasteiger partial charge in [0.2, 0.25) is 8.24 Å². The van der Waals surface area contributed by atoms with Crippen LogP contribution in [0, 0.1) is 0 Å². The number of aromatic nitrogens is 3. The van der Waals surface area contributed by atoms with E-state index in [1.165, 1.54) is 24.2 Å². The van der Waals surface area contributed by atoms with Crippen LogP contribution in [0.2, 0.25) is 19.6 Å². The third-order valence-electron chi connectivity index (χ3n) is 2.44. The molecule has 0 N–H and O–H groups in total. The topological polar surface area (TPSA) is 30.7 Å². The van der Waals surface area contributed by atoms with Crippen LogP contribution in [0.3, 0.4) is 0 Å². The van der Waals surface area contributed by atoms with Gasteiger partial charge in [-0.15, -0.1) is 0 Å². The van der Waals surface area contributed by atoms with Crippen molar-refractivity contribution in [3.63, 3.8) is 0 Å². The highest BCUT2D eigenvalue weighted by Crippen LogP contribution is 2.18. The van der Waals surface area contributed by atoms with Crippen LogP contribution in [0.15, 0.2) is 0 Å². The van der Waals surface area contributed by atoms with Gasteiger partial charge >= 0.3 is 0 Å². The lowest BCUT2D eigenvalue weighted by Gasteiger charge is -2.13. The maximum Gasteiger partial charge on any atom is 0.202 e. The van der Waals surface area contributed by atoms with Crippen LogP contribution in [0.5, 0.6) is 0 Å². The van der Waals surface area contributed by atoms with Gasteiger partial charge in [-0.25, -0.2) is 4.46 Å². The number of aryl methyl sites for hydroxylation is 2. The molecule has 0 unspecified atom stereocenters. The molecule has 1 aliphatic rings. The number of fused-ring (bicyclic) bond motifs is 1. The molecule has 1 aromatic rings. The number of nitrogens with zero attached hydrogens (tertiary/aromatic N) is 3. The van der Waals surface area contributed by atoms with Crippen molar-refractivity contribution in [1.29, 1.82) is 0 Å². The minimum atomic E-state index is -1.35. The molecule has 0 aliphatic heterocycles. The Morgan fingerprint density at radius 2 is 1.46 bits per heavy atom. The molecule has 1 aliphatic carbocycles. The van der Waals surface area contributed by atoms with Crippen molar-refractivity contribution in [2.24, 2.45) is 0 Å². The molecule has 0 amide bonds. The van der Waals surface area contributed by atoms with Crippen LogP contribution >= 0.6 is 0 Å². The molecule has 0 aromatic carbocycles. The Kier molecular flexibility index (Phi) is 2.02. The zero-order valence-corrected chi connectivity index (χ0v) is 9.67. The molecule has 0 saturated heterocycles. The van der Waals surface area contributed by atoms with E-state index in [1.807, 2.05) is 4.46 Å². The zero-order chi connectivity index (χ0) is 9.47. The van der Waals surface area contributed by atoms with Crippen molar-refractivity contribution in [1.82, 2.24) is 14.7 Å². The summed E-state index contributed by atoms with van der Waals surface area (Å²) in [5.41, 5.74) is 2.52. The average Bonchev–Trinajstić information content (AvgIpc) is 2.45. The fraction of sp³-hybridized carbons (Fsp3) is 0.778. The second-order valence-electron chi connectivity index (χ2n) is 4.76. The summed E-state index contributed by atoms with van der Waals surface area (Å²) in [4.78, 5) is 0. The first-order valence-corrected chi connectivity index (χ1v) is 8.48. The summed E-state index contributed by atoms with van der Waals surface area (Å²) in [5, 5.41) is 9.18. The van der Waals surface area contributed by atoms with Gasteiger partial charge in [0.25, 0.3) is 0 Å². The normalized spacial score (nSPS) is 17.2. The minimum absolute atomic E-state index is 1.14. The van der Waals surface area contributed by atoms with Gasteiger partial charge in [0.15, 0.2) is 0 Å². The first kappa shape index (κ1) is 8.93. The van der Waals surface area contributed by atoms with Gasteiger partial charge in [0, 0.05) is 0 Å². The molecule has 3 nitrogen and oxygen atoms in total. The lowest BCUT2D eigenvalue weighted by Crippen LogP contribution is -2.34. The van der Waals surface area contributed by atoms with Crippen LogP contribution in [0.4, 0.5) is 0 Å². The summed E-state index contributed by atoms with van der Waals surface area (Å²) in [6.07, 6.45) is 4.86. The third-order valence-corrected chi connectivity index (χ3v) is 3.84. The van der Waals surface area contributed by atoms with Crippen molar-refractivity contribution in [2.75, 3.05) is 0 Å². The molecule has 1 heterocycles. The molecule has 72 valence electrons. The van der Waals surface area contributed by atoms with E-state index < -0.39 is 8.24 Å². The molecular weight excluding hydrogens is 178 g/mol. The van der Waals surface area contributed by atoms with Crippen LogP contribution in [-0.2, 0) is 12.8 Å². The first-order chi connectivity index (χ1) is 6.07. The van der Waals surface area contributed by atoms with E-state index in [0.717, 1.165) is 12.8 Å². The van der Waals surface area contributed by atoms with Gasteiger partial charge in [0.05, 0.1) is 11.4 Å². The molecule has 2 rings (SSSR count). The van der Waals surface area contributed by atoms with Crippen molar-refractivity contribution in [3.05, 3.63) is 11.4 Å². The van der Waals surface area contributed by atoms with Crippen molar-refractivity contribution in [2.45, 2.75) is 45.3 Å². The molecule has 0 saturated carbocycles. The predicted molar refractivity (Wildman–Crippen MR) is 55.4 cm³/mol. The highest BCUT2D eigenvalue weighted by molar-refractivity contribution is 6.73. The summed E-state index contributed by atoms with van der Waals surface area (Å²) in [5.74, 6) is 0. The Bertz CT molecular complexity index is 288. The average molecular weight is 195 g/mol. The summed E-state index contributed by atoms with van der Waals surface area (Å²) >= 11 is 0. The van der Waals surface area contributed by atoms with Crippen LogP contribution in [-0.4, -0.2) is 22.9 Å². The van der Waals surface area contributed by atoms with Gasteiger partial charge in [-0.1, -0.05) is 0 Å². The molecule has 0 spiro atoms. The minimum Gasteiger partial charge on any atom is -0.221 e. The monoisotopic (exact) mass is 195 g/mol. The van der Waals surface area contributed by atoms with E-state index in [0.29, 0.717) is 0 Å². The molecular formula is C9H17N3Si. The van der Waals surface area contributed by atoms with E-state index in [-0.39, 0.29) is 0 Å². The SMILES string of the molecule is C[Si](C)(C)n1nc2c(n1)CCCC2. The van der Waals surface area contributed by atoms with E-state index in [2.05, 4.69) is 29.8 Å². The van der Waals surface area contributed by atoms with Gasteiger partial charge in [0.1, 0.15) is 0 Å². The zero-order valence-electron chi connectivity index (χ0n) is 8.67. The lowest BCUT2D eigenvalue weighted by molar-refractivity contribution is 0.667. The Morgan fingerprint density at radius 3 is 1.85 bits per heavy atom. The summed E-state index contributed by atoms with van der Waals surface area (Å²) < 4.78 is 2.00. The Morgan fingerprint density at radius 1 is 1.00 bits per heavy atom. The van der Waals surface area contributed by atoms with Crippen LogP contribution < -0.4 is 0 Å². The van der Waals surface area contributed by atoms with E-state index >= 15 is 0 Å². The predicted octanol–water partition coefficient (Wildman–Crippen LogP) is 1.84. The lowest BCUT2D eigenvalue weighted by atomic mass is 10.0. The van der Waals surface area contributed by atoms with E-state index in [9.17, 15) is 0 Å². The summed E-state index contributed by atoms with van der Waals surface area (Å²) in [7, 11) is -1.35. The molecule has 0 fully saturated rings. The molecule has 0 atom stereocenters. The van der Waals surface area contributed by atoms with Crippen molar-refractivity contribution < 1.29 is 0 Å². The largest absolute Gasteiger partial charge is 0.221 e. The van der Waals surface area contributed by atoms with Gasteiger partial charge in [-0.05, 0) is 45.3 Å². The second kappa shape index (κ2) is 2.94. The van der Waals surface area contributed by atoms with Gasteiger partial charge < -0.3 is 0 Å². The van der Waals surface area contributed by atoms with Crippen molar-refractivity contribution in [3.8, 4) is 0 Å². The fourth-order valence-corrected chi connectivity index (χ4v) is 2.48. The smallest absolute Gasteiger partial charge is 0.202 e.